The number of carbonyl (C=O) groups excluding carboxylic acids is 3. The zero-order valence-corrected chi connectivity index (χ0v) is 16.9. The fraction of sp³-hybridized carbons (Fsp3) is 0.136. The Hall–Kier alpha value is -3.33. The molecule has 1 aliphatic rings. The highest BCUT2D eigenvalue weighted by Gasteiger charge is 2.34. The van der Waals surface area contributed by atoms with E-state index in [1.807, 2.05) is 30.3 Å². The lowest BCUT2D eigenvalue weighted by molar-refractivity contribution is -0.137. The van der Waals surface area contributed by atoms with Crippen LogP contribution in [0.4, 0.5) is 18.0 Å². The normalized spacial score (nSPS) is 15.8. The second kappa shape index (κ2) is 9.65. The lowest BCUT2D eigenvalue weighted by atomic mass is 10.1. The molecule has 1 fully saturated rings. The molecule has 160 valence electrons. The van der Waals surface area contributed by atoms with Gasteiger partial charge in [0.25, 0.3) is 11.1 Å². The van der Waals surface area contributed by atoms with Crippen LogP contribution in [0.5, 0.6) is 0 Å². The van der Waals surface area contributed by atoms with Crippen LogP contribution in [0.1, 0.15) is 16.7 Å². The van der Waals surface area contributed by atoms with Crippen molar-refractivity contribution in [3.05, 3.63) is 82.3 Å². The summed E-state index contributed by atoms with van der Waals surface area (Å²) >= 11 is 0.826. The van der Waals surface area contributed by atoms with Gasteiger partial charge in [-0.1, -0.05) is 42.5 Å². The van der Waals surface area contributed by atoms with Crippen molar-refractivity contribution in [2.24, 2.45) is 0 Å². The first-order valence-electron chi connectivity index (χ1n) is 9.17. The first-order chi connectivity index (χ1) is 14.7. The van der Waals surface area contributed by atoms with Gasteiger partial charge in [-0.05, 0) is 47.2 Å². The van der Waals surface area contributed by atoms with E-state index in [2.05, 4.69) is 5.32 Å². The Kier molecular flexibility index (Phi) is 6.96. The lowest BCUT2D eigenvalue weighted by Gasteiger charge is -2.12. The summed E-state index contributed by atoms with van der Waals surface area (Å²) in [6, 6.07) is 13.7. The van der Waals surface area contributed by atoms with Crippen molar-refractivity contribution >= 4 is 41.0 Å². The second-order valence-corrected chi connectivity index (χ2v) is 7.48. The average Bonchev–Trinajstić information content (AvgIpc) is 3.00. The first kappa shape index (κ1) is 22.4. The van der Waals surface area contributed by atoms with E-state index >= 15 is 0 Å². The third kappa shape index (κ3) is 6.08. The van der Waals surface area contributed by atoms with Crippen LogP contribution in [0, 0.1) is 0 Å². The Morgan fingerprint density at radius 3 is 2.45 bits per heavy atom. The largest absolute Gasteiger partial charge is 0.416 e. The number of hydrogen-bond acceptors (Lipinski definition) is 4. The minimum Gasteiger partial charge on any atom is -0.351 e. The highest BCUT2D eigenvalue weighted by molar-refractivity contribution is 8.18. The van der Waals surface area contributed by atoms with Gasteiger partial charge in [-0.3, -0.25) is 19.3 Å². The SMILES string of the molecule is O=C(C=Cc1cccc(C(F)(F)F)c1)NCCN1C(=O)SC(=Cc2ccccc2)C1=O. The first-order valence-corrected chi connectivity index (χ1v) is 9.99. The lowest BCUT2D eigenvalue weighted by Crippen LogP contribution is -2.36. The van der Waals surface area contributed by atoms with Crippen LogP contribution < -0.4 is 5.32 Å². The zero-order chi connectivity index (χ0) is 22.4. The molecule has 0 spiro atoms. The van der Waals surface area contributed by atoms with Crippen molar-refractivity contribution in [3.63, 3.8) is 0 Å². The summed E-state index contributed by atoms with van der Waals surface area (Å²) in [5.41, 5.74) is 0.209. The number of amides is 3. The summed E-state index contributed by atoms with van der Waals surface area (Å²) in [4.78, 5) is 37.8. The summed E-state index contributed by atoms with van der Waals surface area (Å²) in [5.74, 6) is -0.989. The van der Waals surface area contributed by atoms with Crippen LogP contribution in [-0.4, -0.2) is 35.0 Å². The van der Waals surface area contributed by atoms with Gasteiger partial charge in [-0.25, -0.2) is 0 Å². The topological polar surface area (TPSA) is 66.5 Å². The number of imide groups is 1. The molecular weight excluding hydrogens is 429 g/mol. The molecule has 0 unspecified atom stereocenters. The van der Waals surface area contributed by atoms with Crippen molar-refractivity contribution < 1.29 is 27.6 Å². The van der Waals surface area contributed by atoms with Crippen LogP contribution >= 0.6 is 11.8 Å². The standard InChI is InChI=1S/C22H17F3N2O3S/c23-22(24,25)17-8-4-7-16(13-17)9-10-19(28)26-11-12-27-20(29)18(31-21(27)30)14-15-5-2-1-3-6-15/h1-10,13-14H,11-12H2,(H,26,28). The Balaban J connectivity index is 1.52. The number of carbonyl (C=O) groups is 3. The van der Waals surface area contributed by atoms with E-state index in [0.29, 0.717) is 4.91 Å². The summed E-state index contributed by atoms with van der Waals surface area (Å²) in [5, 5.41) is 2.08. The summed E-state index contributed by atoms with van der Waals surface area (Å²) in [6.07, 6.45) is -0.486. The maximum Gasteiger partial charge on any atom is 0.416 e. The van der Waals surface area contributed by atoms with Gasteiger partial charge >= 0.3 is 6.18 Å². The maximum atomic E-state index is 12.7. The van der Waals surface area contributed by atoms with Gasteiger partial charge in [0.2, 0.25) is 5.91 Å². The molecule has 9 heteroatoms. The highest BCUT2D eigenvalue weighted by Crippen LogP contribution is 2.32. The number of nitrogens with zero attached hydrogens (tertiary/aromatic N) is 1. The number of thioether (sulfide) groups is 1. The number of halogens is 3. The van der Waals surface area contributed by atoms with Crippen molar-refractivity contribution in [1.29, 1.82) is 0 Å². The Bertz CT molecular complexity index is 1050. The molecule has 0 atom stereocenters. The summed E-state index contributed by atoms with van der Waals surface area (Å²) in [6.45, 7) is 0.00234. The van der Waals surface area contributed by atoms with Gasteiger partial charge in [0.1, 0.15) is 0 Å². The molecule has 3 amide bonds. The number of alkyl halides is 3. The Morgan fingerprint density at radius 2 is 1.74 bits per heavy atom. The predicted octanol–water partition coefficient (Wildman–Crippen LogP) is 4.57. The van der Waals surface area contributed by atoms with Crippen molar-refractivity contribution in [1.82, 2.24) is 10.2 Å². The van der Waals surface area contributed by atoms with E-state index in [0.717, 1.165) is 40.4 Å². The van der Waals surface area contributed by atoms with Gasteiger partial charge in [0.15, 0.2) is 0 Å². The Morgan fingerprint density at radius 1 is 1.03 bits per heavy atom. The van der Waals surface area contributed by atoms with E-state index < -0.39 is 28.8 Å². The zero-order valence-electron chi connectivity index (χ0n) is 16.1. The van der Waals surface area contributed by atoms with Gasteiger partial charge in [0, 0.05) is 19.2 Å². The summed E-state index contributed by atoms with van der Waals surface area (Å²) in [7, 11) is 0. The minimum absolute atomic E-state index is 0.0140. The average molecular weight is 446 g/mol. The molecule has 31 heavy (non-hydrogen) atoms. The molecule has 1 N–H and O–H groups in total. The molecule has 0 bridgehead atoms. The summed E-state index contributed by atoms with van der Waals surface area (Å²) < 4.78 is 38.2. The molecule has 0 aromatic heterocycles. The molecule has 3 rings (SSSR count). The van der Waals surface area contributed by atoms with Gasteiger partial charge in [0.05, 0.1) is 10.5 Å². The van der Waals surface area contributed by atoms with Crippen LogP contribution in [0.15, 0.2) is 65.6 Å². The fourth-order valence-corrected chi connectivity index (χ4v) is 3.60. The smallest absolute Gasteiger partial charge is 0.351 e. The predicted molar refractivity (Wildman–Crippen MR) is 113 cm³/mol. The third-order valence-corrected chi connectivity index (χ3v) is 5.15. The second-order valence-electron chi connectivity index (χ2n) is 6.49. The molecule has 0 aliphatic carbocycles. The van der Waals surface area contributed by atoms with Crippen molar-refractivity contribution in [2.45, 2.75) is 6.18 Å². The van der Waals surface area contributed by atoms with Crippen LogP contribution in [0.3, 0.4) is 0 Å². The number of benzene rings is 2. The van der Waals surface area contributed by atoms with Crippen molar-refractivity contribution in [2.75, 3.05) is 13.1 Å². The highest BCUT2D eigenvalue weighted by atomic mass is 32.2. The monoisotopic (exact) mass is 446 g/mol. The van der Waals surface area contributed by atoms with E-state index in [1.54, 1.807) is 6.08 Å². The van der Waals surface area contributed by atoms with Crippen LogP contribution in [-0.2, 0) is 15.8 Å². The van der Waals surface area contributed by atoms with E-state index in [4.69, 9.17) is 0 Å². The van der Waals surface area contributed by atoms with Gasteiger partial charge in [-0.15, -0.1) is 0 Å². The number of nitrogens with one attached hydrogen (secondary N) is 1. The Labute approximate surface area is 180 Å². The molecule has 0 saturated carbocycles. The third-order valence-electron chi connectivity index (χ3n) is 4.25. The molecule has 0 radical (unpaired) electrons. The number of hydrogen-bond donors (Lipinski definition) is 1. The van der Waals surface area contributed by atoms with E-state index in [-0.39, 0.29) is 18.7 Å². The van der Waals surface area contributed by atoms with E-state index in [9.17, 15) is 27.6 Å². The fourth-order valence-electron chi connectivity index (χ4n) is 2.73. The molecular formula is C22H17F3N2O3S. The van der Waals surface area contributed by atoms with Crippen molar-refractivity contribution in [3.8, 4) is 0 Å². The van der Waals surface area contributed by atoms with E-state index in [1.165, 1.54) is 18.2 Å². The molecule has 1 saturated heterocycles. The quantitative estimate of drug-likeness (QED) is 0.660. The molecule has 5 nitrogen and oxygen atoms in total. The number of rotatable bonds is 6. The molecule has 2 aromatic carbocycles. The molecule has 1 aliphatic heterocycles. The van der Waals surface area contributed by atoms with Crippen LogP contribution in [0.25, 0.3) is 12.2 Å². The maximum absolute atomic E-state index is 12.7. The van der Waals surface area contributed by atoms with Gasteiger partial charge < -0.3 is 5.32 Å². The van der Waals surface area contributed by atoms with Crippen LogP contribution in [0.2, 0.25) is 0 Å². The molecule has 1 heterocycles. The van der Waals surface area contributed by atoms with Gasteiger partial charge in [-0.2, -0.15) is 13.2 Å². The molecule has 2 aromatic rings. The minimum atomic E-state index is -4.47.